The van der Waals surface area contributed by atoms with Crippen molar-refractivity contribution in [3.8, 4) is 11.3 Å². The minimum absolute atomic E-state index is 0.0212. The third kappa shape index (κ3) is 2.13. The lowest BCUT2D eigenvalue weighted by molar-refractivity contribution is 0.0609. The summed E-state index contributed by atoms with van der Waals surface area (Å²) in [5.41, 5.74) is 10.6. The SMILES string of the molecule is COCCOCc1[nH]c2c3c(cccc13)C(=O)c1c(N)cccc1-2. The van der Waals surface area contributed by atoms with E-state index >= 15 is 0 Å². The molecule has 1 aliphatic rings. The maximum atomic E-state index is 12.9. The molecular formula is C19H18N2O3. The van der Waals surface area contributed by atoms with Gasteiger partial charge >= 0.3 is 0 Å². The van der Waals surface area contributed by atoms with Gasteiger partial charge in [0.2, 0.25) is 0 Å². The number of nitrogens with two attached hydrogens (primary N) is 1. The van der Waals surface area contributed by atoms with Crippen LogP contribution in [-0.4, -0.2) is 31.1 Å². The summed E-state index contributed by atoms with van der Waals surface area (Å²) in [6.07, 6.45) is 0. The quantitative estimate of drug-likeness (QED) is 0.437. The van der Waals surface area contributed by atoms with Crippen LogP contribution in [0, 0.1) is 0 Å². The number of nitrogen functional groups attached to an aromatic ring is 1. The number of H-pyrrole nitrogens is 1. The van der Waals surface area contributed by atoms with Gasteiger partial charge in [0.05, 0.1) is 31.1 Å². The van der Waals surface area contributed by atoms with Crippen LogP contribution in [-0.2, 0) is 16.1 Å². The number of aromatic amines is 1. The summed E-state index contributed by atoms with van der Waals surface area (Å²) < 4.78 is 10.7. The van der Waals surface area contributed by atoms with E-state index in [2.05, 4.69) is 4.98 Å². The van der Waals surface area contributed by atoms with Gasteiger partial charge in [-0.25, -0.2) is 0 Å². The standard InChI is InChI=1S/C19H18N2O3/c1-23-8-9-24-10-15-11-4-2-6-13-16(11)18(21-15)12-5-3-7-14(20)17(12)19(13)22/h2-7,21H,8-10,20H2,1H3. The third-order valence-corrected chi connectivity index (χ3v) is 4.43. The summed E-state index contributed by atoms with van der Waals surface area (Å²) in [5.74, 6) is -0.0212. The number of carbonyl (C=O) groups is 1. The number of benzene rings is 2. The van der Waals surface area contributed by atoms with Crippen molar-refractivity contribution >= 4 is 22.2 Å². The Morgan fingerprint density at radius 3 is 2.71 bits per heavy atom. The molecule has 0 atom stereocenters. The summed E-state index contributed by atoms with van der Waals surface area (Å²) >= 11 is 0. The van der Waals surface area contributed by atoms with Gasteiger partial charge in [0.25, 0.3) is 0 Å². The first-order chi connectivity index (χ1) is 11.7. The van der Waals surface area contributed by atoms with E-state index < -0.39 is 0 Å². The Hall–Kier alpha value is -2.63. The summed E-state index contributed by atoms with van der Waals surface area (Å²) in [5, 5.41) is 1.97. The minimum atomic E-state index is -0.0212. The molecule has 0 saturated carbocycles. The van der Waals surface area contributed by atoms with Crippen LogP contribution in [0.5, 0.6) is 0 Å². The van der Waals surface area contributed by atoms with Gasteiger partial charge in [-0.15, -0.1) is 0 Å². The molecular weight excluding hydrogens is 304 g/mol. The highest BCUT2D eigenvalue weighted by molar-refractivity contribution is 6.27. The maximum absolute atomic E-state index is 12.9. The normalized spacial score (nSPS) is 12.6. The van der Waals surface area contributed by atoms with Gasteiger partial charge in [-0.05, 0) is 6.07 Å². The minimum Gasteiger partial charge on any atom is -0.398 e. The molecule has 0 aliphatic heterocycles. The van der Waals surface area contributed by atoms with Crippen LogP contribution >= 0.6 is 0 Å². The Morgan fingerprint density at radius 2 is 1.88 bits per heavy atom. The average Bonchev–Trinajstić information content (AvgIpc) is 2.96. The first-order valence-corrected chi connectivity index (χ1v) is 7.86. The van der Waals surface area contributed by atoms with Crippen molar-refractivity contribution in [2.75, 3.05) is 26.1 Å². The number of fused-ring (bicyclic) bond motifs is 2. The van der Waals surface area contributed by atoms with Gasteiger partial charge in [-0.3, -0.25) is 4.79 Å². The van der Waals surface area contributed by atoms with Crippen molar-refractivity contribution in [3.63, 3.8) is 0 Å². The Kier molecular flexibility index (Phi) is 3.59. The molecule has 1 heterocycles. The highest BCUT2D eigenvalue weighted by Crippen LogP contribution is 2.42. The highest BCUT2D eigenvalue weighted by atomic mass is 16.5. The Bertz CT molecular complexity index is 943. The lowest BCUT2D eigenvalue weighted by atomic mass is 9.86. The molecule has 0 bridgehead atoms. The van der Waals surface area contributed by atoms with Gasteiger partial charge in [0.1, 0.15) is 0 Å². The van der Waals surface area contributed by atoms with E-state index in [1.165, 1.54) is 0 Å². The molecule has 4 rings (SSSR count). The van der Waals surface area contributed by atoms with Crippen molar-refractivity contribution in [2.24, 2.45) is 0 Å². The topological polar surface area (TPSA) is 77.3 Å². The molecule has 0 spiro atoms. The fourth-order valence-electron chi connectivity index (χ4n) is 3.34. The number of hydrogen-bond acceptors (Lipinski definition) is 4. The van der Waals surface area contributed by atoms with Crippen LogP contribution in [0.2, 0.25) is 0 Å². The second-order valence-corrected chi connectivity index (χ2v) is 5.85. The molecule has 5 heteroatoms. The van der Waals surface area contributed by atoms with Crippen LogP contribution in [0.15, 0.2) is 36.4 Å². The summed E-state index contributed by atoms with van der Waals surface area (Å²) in [6.45, 7) is 1.51. The van der Waals surface area contributed by atoms with Gasteiger partial charge in [0.15, 0.2) is 5.78 Å². The summed E-state index contributed by atoms with van der Waals surface area (Å²) in [4.78, 5) is 16.3. The Morgan fingerprint density at radius 1 is 1.08 bits per heavy atom. The molecule has 24 heavy (non-hydrogen) atoms. The molecule has 5 nitrogen and oxygen atoms in total. The lowest BCUT2D eigenvalue weighted by Gasteiger charge is -2.17. The number of nitrogens with one attached hydrogen (secondary N) is 1. The Labute approximate surface area is 139 Å². The smallest absolute Gasteiger partial charge is 0.196 e. The van der Waals surface area contributed by atoms with Crippen LogP contribution in [0.4, 0.5) is 5.69 Å². The summed E-state index contributed by atoms with van der Waals surface area (Å²) in [7, 11) is 1.65. The van der Waals surface area contributed by atoms with E-state index in [-0.39, 0.29) is 5.78 Å². The van der Waals surface area contributed by atoms with Crippen molar-refractivity contribution in [3.05, 3.63) is 53.2 Å². The average molecular weight is 322 g/mol. The van der Waals surface area contributed by atoms with E-state index in [9.17, 15) is 4.79 Å². The highest BCUT2D eigenvalue weighted by Gasteiger charge is 2.29. The van der Waals surface area contributed by atoms with Crippen molar-refractivity contribution in [2.45, 2.75) is 6.61 Å². The summed E-state index contributed by atoms with van der Waals surface area (Å²) in [6, 6.07) is 11.3. The number of anilines is 1. The van der Waals surface area contributed by atoms with Crippen LogP contribution in [0.3, 0.4) is 0 Å². The number of ether oxygens (including phenoxy) is 2. The van der Waals surface area contributed by atoms with E-state index in [0.29, 0.717) is 36.6 Å². The molecule has 0 amide bonds. The number of ketones is 1. The largest absolute Gasteiger partial charge is 0.398 e. The second-order valence-electron chi connectivity index (χ2n) is 5.85. The Balaban J connectivity index is 1.87. The van der Waals surface area contributed by atoms with Crippen LogP contribution in [0.25, 0.3) is 22.0 Å². The number of carbonyl (C=O) groups excluding carboxylic acids is 1. The number of aromatic nitrogens is 1. The van der Waals surface area contributed by atoms with Gasteiger partial charge in [0, 0.05) is 40.4 Å². The first kappa shape index (κ1) is 14.9. The molecule has 3 N–H and O–H groups in total. The van der Waals surface area contributed by atoms with Gasteiger partial charge in [-0.2, -0.15) is 0 Å². The van der Waals surface area contributed by atoms with E-state index in [4.69, 9.17) is 15.2 Å². The first-order valence-electron chi connectivity index (χ1n) is 7.86. The predicted molar refractivity (Wildman–Crippen MR) is 93.1 cm³/mol. The van der Waals surface area contributed by atoms with Gasteiger partial charge < -0.3 is 20.2 Å². The lowest BCUT2D eigenvalue weighted by Crippen LogP contribution is -2.11. The zero-order valence-corrected chi connectivity index (χ0v) is 13.4. The number of hydrogen-bond donors (Lipinski definition) is 2. The van der Waals surface area contributed by atoms with Crippen LogP contribution in [0.1, 0.15) is 21.6 Å². The molecule has 122 valence electrons. The van der Waals surface area contributed by atoms with E-state index in [1.807, 2.05) is 30.3 Å². The van der Waals surface area contributed by atoms with Crippen molar-refractivity contribution < 1.29 is 14.3 Å². The maximum Gasteiger partial charge on any atom is 0.196 e. The van der Waals surface area contributed by atoms with Gasteiger partial charge in [-0.1, -0.05) is 30.3 Å². The van der Waals surface area contributed by atoms with E-state index in [1.54, 1.807) is 13.2 Å². The molecule has 3 aromatic rings. The van der Waals surface area contributed by atoms with E-state index in [0.717, 1.165) is 27.7 Å². The fourth-order valence-corrected chi connectivity index (χ4v) is 3.34. The van der Waals surface area contributed by atoms with Crippen molar-refractivity contribution in [1.29, 1.82) is 0 Å². The monoisotopic (exact) mass is 322 g/mol. The van der Waals surface area contributed by atoms with Crippen LogP contribution < -0.4 is 5.73 Å². The molecule has 1 aromatic heterocycles. The molecule has 0 radical (unpaired) electrons. The molecule has 0 unspecified atom stereocenters. The zero-order chi connectivity index (χ0) is 16.7. The zero-order valence-electron chi connectivity index (χ0n) is 13.4. The molecule has 0 saturated heterocycles. The molecule has 2 aromatic carbocycles. The number of rotatable bonds is 5. The number of methoxy groups -OCH3 is 1. The second kappa shape index (κ2) is 5.78. The predicted octanol–water partition coefficient (Wildman–Crippen LogP) is 3.12. The fraction of sp³-hybridized carbons (Fsp3) is 0.211. The molecule has 0 fully saturated rings. The molecule has 1 aliphatic carbocycles. The third-order valence-electron chi connectivity index (χ3n) is 4.43. The van der Waals surface area contributed by atoms with Crippen molar-refractivity contribution in [1.82, 2.24) is 4.98 Å².